The van der Waals surface area contributed by atoms with Crippen LogP contribution in [0.4, 0.5) is 4.79 Å². The minimum atomic E-state index is -1.33. The molecule has 11 heteroatoms. The highest BCUT2D eigenvalue weighted by Crippen LogP contribution is 2.22. The van der Waals surface area contributed by atoms with E-state index in [1.165, 1.54) is 11.8 Å². The van der Waals surface area contributed by atoms with Crippen molar-refractivity contribution in [3.63, 3.8) is 0 Å². The number of H-pyrrole nitrogens is 1. The number of rotatable bonds is 8. The average Bonchev–Trinajstić information content (AvgIpc) is 3.43. The van der Waals surface area contributed by atoms with Crippen LogP contribution < -0.4 is 16.4 Å². The molecule has 1 aromatic heterocycles. The standard InChI is InChI=1S/C25H35N5O6/c1-14(31)20(21(26)32)29-22(33)18(12-15-13-27-17-9-6-5-8-16(15)17)28-23(34)19-10-7-11-30(19)24(35)36-25(2,3)4/h5-6,8-9,13-14,18-20,27,31H,7,10-12H2,1-4H3,(H2,26,32)(H,28,34)(H,29,33)/t14-,18+,19+,20+/m1/s1. The number of aliphatic hydroxyl groups excluding tert-OH is 1. The Kier molecular flexibility index (Phi) is 8.24. The Morgan fingerprint density at radius 1 is 1.22 bits per heavy atom. The Balaban J connectivity index is 1.83. The van der Waals surface area contributed by atoms with Crippen LogP contribution in [-0.4, -0.2) is 75.2 Å². The SMILES string of the molecule is C[C@@H](O)[C@H](NC(=O)[C@H](Cc1c[nH]c2ccccc12)NC(=O)[C@@H]1CCCN1C(=O)OC(C)(C)C)C(N)=O. The molecule has 11 nitrogen and oxygen atoms in total. The summed E-state index contributed by atoms with van der Waals surface area (Å²) in [4.78, 5) is 55.4. The molecule has 0 spiro atoms. The summed E-state index contributed by atoms with van der Waals surface area (Å²) in [5, 5.41) is 16.0. The molecule has 196 valence electrons. The number of hydrogen-bond donors (Lipinski definition) is 5. The molecule has 0 unspecified atom stereocenters. The minimum Gasteiger partial charge on any atom is -0.444 e. The molecule has 6 N–H and O–H groups in total. The molecule has 3 rings (SSSR count). The summed E-state index contributed by atoms with van der Waals surface area (Å²) in [6, 6.07) is 4.28. The highest BCUT2D eigenvalue weighted by molar-refractivity contribution is 5.94. The molecule has 1 aliphatic rings. The number of ether oxygens (including phenoxy) is 1. The molecule has 0 saturated carbocycles. The number of para-hydroxylation sites is 1. The number of carbonyl (C=O) groups excluding carboxylic acids is 4. The molecule has 2 aromatic rings. The molecule has 1 aromatic carbocycles. The fourth-order valence-electron chi connectivity index (χ4n) is 4.26. The lowest BCUT2D eigenvalue weighted by Crippen LogP contribution is -2.58. The third-order valence-electron chi connectivity index (χ3n) is 6.00. The summed E-state index contributed by atoms with van der Waals surface area (Å²) in [6.45, 7) is 6.93. The summed E-state index contributed by atoms with van der Waals surface area (Å²) in [5.41, 5.74) is 6.25. The number of aromatic amines is 1. The number of aliphatic hydroxyl groups is 1. The second-order valence-corrected chi connectivity index (χ2v) is 10.1. The van der Waals surface area contributed by atoms with E-state index in [-0.39, 0.29) is 6.42 Å². The number of aromatic nitrogens is 1. The lowest BCUT2D eigenvalue weighted by Gasteiger charge is -2.29. The molecule has 0 aliphatic carbocycles. The zero-order valence-corrected chi connectivity index (χ0v) is 21.0. The quantitative estimate of drug-likeness (QED) is 0.361. The van der Waals surface area contributed by atoms with E-state index in [0.717, 1.165) is 16.5 Å². The van der Waals surface area contributed by atoms with Crippen LogP contribution in [0.15, 0.2) is 30.5 Å². The summed E-state index contributed by atoms with van der Waals surface area (Å²) < 4.78 is 5.44. The summed E-state index contributed by atoms with van der Waals surface area (Å²) in [7, 11) is 0. The van der Waals surface area contributed by atoms with Gasteiger partial charge in [-0.2, -0.15) is 0 Å². The van der Waals surface area contributed by atoms with E-state index in [9.17, 15) is 24.3 Å². The largest absolute Gasteiger partial charge is 0.444 e. The van der Waals surface area contributed by atoms with Crippen molar-refractivity contribution in [2.45, 2.75) is 76.8 Å². The maximum absolute atomic E-state index is 13.3. The molecule has 2 heterocycles. The van der Waals surface area contributed by atoms with Gasteiger partial charge in [-0.3, -0.25) is 19.3 Å². The van der Waals surface area contributed by atoms with Crippen LogP contribution in [0.3, 0.4) is 0 Å². The van der Waals surface area contributed by atoms with E-state index in [2.05, 4.69) is 15.6 Å². The number of nitrogens with one attached hydrogen (secondary N) is 3. The van der Waals surface area contributed by atoms with Gasteiger partial charge in [0, 0.05) is 30.1 Å². The Morgan fingerprint density at radius 3 is 2.56 bits per heavy atom. The Bertz CT molecular complexity index is 1120. The predicted octanol–water partition coefficient (Wildman–Crippen LogP) is 0.946. The first-order chi connectivity index (χ1) is 16.9. The van der Waals surface area contributed by atoms with Gasteiger partial charge in [-0.1, -0.05) is 18.2 Å². The number of primary amides is 1. The van der Waals surface area contributed by atoms with Crippen molar-refractivity contribution in [2.75, 3.05) is 6.54 Å². The van der Waals surface area contributed by atoms with Gasteiger partial charge in [-0.15, -0.1) is 0 Å². The lowest BCUT2D eigenvalue weighted by atomic mass is 10.0. The number of nitrogens with two attached hydrogens (primary N) is 1. The zero-order chi connectivity index (χ0) is 26.6. The van der Waals surface area contributed by atoms with Gasteiger partial charge in [-0.25, -0.2) is 4.79 Å². The second-order valence-electron chi connectivity index (χ2n) is 10.1. The van der Waals surface area contributed by atoms with Crippen LogP contribution in [0.25, 0.3) is 10.9 Å². The second kappa shape index (κ2) is 11.0. The van der Waals surface area contributed by atoms with Crippen molar-refractivity contribution in [3.8, 4) is 0 Å². The van der Waals surface area contributed by atoms with Gasteiger partial charge in [0.1, 0.15) is 23.7 Å². The molecular formula is C25H35N5O6. The monoisotopic (exact) mass is 501 g/mol. The summed E-state index contributed by atoms with van der Waals surface area (Å²) >= 11 is 0. The van der Waals surface area contributed by atoms with Gasteiger partial charge < -0.3 is 31.2 Å². The van der Waals surface area contributed by atoms with Crippen molar-refractivity contribution >= 4 is 34.7 Å². The normalized spacial score (nSPS) is 18.4. The fourth-order valence-corrected chi connectivity index (χ4v) is 4.26. The smallest absolute Gasteiger partial charge is 0.410 e. The highest BCUT2D eigenvalue weighted by atomic mass is 16.6. The van der Waals surface area contributed by atoms with Crippen LogP contribution in [0, 0.1) is 0 Å². The maximum Gasteiger partial charge on any atom is 0.410 e. The van der Waals surface area contributed by atoms with Crippen molar-refractivity contribution < 1.29 is 29.0 Å². The first-order valence-electron chi connectivity index (χ1n) is 12.0. The van der Waals surface area contributed by atoms with Gasteiger partial charge in [0.05, 0.1) is 6.10 Å². The van der Waals surface area contributed by atoms with Crippen molar-refractivity contribution in [2.24, 2.45) is 5.73 Å². The van der Waals surface area contributed by atoms with E-state index in [1.807, 2.05) is 24.3 Å². The lowest BCUT2D eigenvalue weighted by molar-refractivity contribution is -0.134. The number of nitrogens with zero attached hydrogens (tertiary/aromatic N) is 1. The zero-order valence-electron chi connectivity index (χ0n) is 21.0. The van der Waals surface area contributed by atoms with Gasteiger partial charge >= 0.3 is 6.09 Å². The topological polar surface area (TPSA) is 167 Å². The first kappa shape index (κ1) is 27.0. The average molecular weight is 502 g/mol. The Hall–Kier alpha value is -3.60. The molecule has 1 aliphatic heterocycles. The van der Waals surface area contributed by atoms with Gasteiger partial charge in [0.15, 0.2) is 0 Å². The van der Waals surface area contributed by atoms with Crippen LogP contribution in [-0.2, 0) is 25.5 Å². The van der Waals surface area contributed by atoms with Crippen LogP contribution in [0.1, 0.15) is 46.1 Å². The molecule has 0 radical (unpaired) electrons. The number of hydrogen-bond acceptors (Lipinski definition) is 6. The Labute approximate surface area is 209 Å². The molecular weight excluding hydrogens is 466 g/mol. The molecule has 0 bridgehead atoms. The van der Waals surface area contributed by atoms with Crippen molar-refractivity contribution in [3.05, 3.63) is 36.0 Å². The molecule has 1 fully saturated rings. The minimum absolute atomic E-state index is 0.103. The van der Waals surface area contributed by atoms with Crippen molar-refractivity contribution in [1.29, 1.82) is 0 Å². The van der Waals surface area contributed by atoms with Crippen LogP contribution in [0.2, 0.25) is 0 Å². The van der Waals surface area contributed by atoms with E-state index >= 15 is 0 Å². The van der Waals surface area contributed by atoms with Gasteiger partial charge in [0.25, 0.3) is 0 Å². The third-order valence-corrected chi connectivity index (χ3v) is 6.00. The molecule has 1 saturated heterocycles. The van der Waals surface area contributed by atoms with Gasteiger partial charge in [0.2, 0.25) is 17.7 Å². The van der Waals surface area contributed by atoms with E-state index < -0.39 is 53.6 Å². The highest BCUT2D eigenvalue weighted by Gasteiger charge is 2.38. The predicted molar refractivity (Wildman–Crippen MR) is 133 cm³/mol. The van der Waals surface area contributed by atoms with Gasteiger partial charge in [-0.05, 0) is 52.2 Å². The maximum atomic E-state index is 13.3. The number of likely N-dealkylation sites (tertiary alicyclic amines) is 1. The third kappa shape index (κ3) is 6.54. The Morgan fingerprint density at radius 2 is 1.92 bits per heavy atom. The first-order valence-corrected chi connectivity index (χ1v) is 12.0. The fraction of sp³-hybridized carbons (Fsp3) is 0.520. The van der Waals surface area contributed by atoms with E-state index in [4.69, 9.17) is 10.5 Å². The number of benzene rings is 1. The number of amides is 4. The molecule has 4 amide bonds. The van der Waals surface area contributed by atoms with Crippen LogP contribution >= 0.6 is 0 Å². The number of carbonyl (C=O) groups is 4. The van der Waals surface area contributed by atoms with E-state index in [0.29, 0.717) is 19.4 Å². The van der Waals surface area contributed by atoms with E-state index in [1.54, 1.807) is 27.0 Å². The van der Waals surface area contributed by atoms with Crippen molar-refractivity contribution in [1.82, 2.24) is 20.5 Å². The van der Waals surface area contributed by atoms with Crippen LogP contribution in [0.5, 0.6) is 0 Å². The molecule has 4 atom stereocenters. The summed E-state index contributed by atoms with van der Waals surface area (Å²) in [6.07, 6.45) is 1.06. The molecule has 36 heavy (non-hydrogen) atoms. The number of fused-ring (bicyclic) bond motifs is 1. The summed E-state index contributed by atoms with van der Waals surface area (Å²) in [5.74, 6) is -2.09.